The predicted molar refractivity (Wildman–Crippen MR) is 94.6 cm³/mol. The first-order valence-electron chi connectivity index (χ1n) is 8.37. The van der Waals surface area contributed by atoms with E-state index in [4.69, 9.17) is 0 Å². The smallest absolute Gasteiger partial charge is 0.339 e. The van der Waals surface area contributed by atoms with E-state index in [2.05, 4.69) is 0 Å². The van der Waals surface area contributed by atoms with Gasteiger partial charge in [0, 0.05) is 32.7 Å². The zero-order chi connectivity index (χ0) is 20.3. The molecule has 0 unspecified atom stereocenters. The number of hydrogen-bond donors (Lipinski definition) is 1. The first kappa shape index (κ1) is 20.9. The minimum atomic E-state index is -1.59. The van der Waals surface area contributed by atoms with Crippen molar-refractivity contribution in [2.24, 2.45) is 0 Å². The second-order valence-electron chi connectivity index (χ2n) is 6.69. The quantitative estimate of drug-likeness (QED) is 0.264. The van der Waals surface area contributed by atoms with Gasteiger partial charge >= 0.3 is 5.97 Å². The Morgan fingerprint density at radius 1 is 1.15 bits per heavy atom. The molecule has 0 aromatic heterocycles. The van der Waals surface area contributed by atoms with Gasteiger partial charge < -0.3 is 19.8 Å². The van der Waals surface area contributed by atoms with Gasteiger partial charge in [0.1, 0.15) is 17.1 Å². The van der Waals surface area contributed by atoms with E-state index in [1.165, 1.54) is 4.90 Å². The number of benzene rings is 1. The van der Waals surface area contributed by atoms with Gasteiger partial charge in [-0.05, 0) is 27.2 Å². The molecule has 1 N–H and O–H groups in total. The van der Waals surface area contributed by atoms with Crippen LogP contribution in [0.2, 0.25) is 0 Å². The van der Waals surface area contributed by atoms with Crippen LogP contribution in [0.25, 0.3) is 0 Å². The highest BCUT2D eigenvalue weighted by Crippen LogP contribution is 2.30. The second-order valence-corrected chi connectivity index (χ2v) is 6.69. The lowest BCUT2D eigenvalue weighted by atomic mass is 10.0. The third-order valence-corrected chi connectivity index (χ3v) is 4.33. The maximum absolute atomic E-state index is 14.5. The van der Waals surface area contributed by atoms with E-state index in [1.807, 2.05) is 11.9 Å². The molecule has 0 bridgehead atoms. The summed E-state index contributed by atoms with van der Waals surface area (Å²) in [6, 6.07) is 0.570. The fourth-order valence-electron chi connectivity index (χ4n) is 2.77. The minimum absolute atomic E-state index is 0.0966. The number of anilines is 1. The summed E-state index contributed by atoms with van der Waals surface area (Å²) in [7, 11) is 5.15. The summed E-state index contributed by atoms with van der Waals surface area (Å²) in [4.78, 5) is 28.6. The van der Waals surface area contributed by atoms with Crippen LogP contribution < -0.4 is 4.90 Å². The molecule has 1 aromatic carbocycles. The van der Waals surface area contributed by atoms with Crippen LogP contribution in [0.4, 0.5) is 18.9 Å². The molecule has 0 amide bonds. The number of carboxylic acid groups (broad SMARTS) is 1. The molecule has 1 aliphatic heterocycles. The molecule has 2 rings (SSSR count). The molecule has 6 nitrogen and oxygen atoms in total. The topological polar surface area (TPSA) is 64.1 Å². The number of Topliss-reactive ketones (excluding diaryl/α,β-unsaturated/α-hetero) is 1. The highest BCUT2D eigenvalue weighted by Gasteiger charge is 2.30. The second kappa shape index (κ2) is 8.53. The van der Waals surface area contributed by atoms with Crippen LogP contribution in [0.5, 0.6) is 0 Å². The van der Waals surface area contributed by atoms with Gasteiger partial charge in [-0.15, -0.1) is 0 Å². The van der Waals surface area contributed by atoms with Crippen molar-refractivity contribution in [2.45, 2.75) is 0 Å². The van der Waals surface area contributed by atoms with Crippen LogP contribution >= 0.6 is 0 Å². The Morgan fingerprint density at radius 3 is 2.26 bits per heavy atom. The van der Waals surface area contributed by atoms with E-state index in [1.54, 1.807) is 19.0 Å². The van der Waals surface area contributed by atoms with E-state index in [-0.39, 0.29) is 6.54 Å². The molecule has 0 radical (unpaired) electrons. The number of nitrogens with zero attached hydrogens (tertiary/aromatic N) is 3. The van der Waals surface area contributed by atoms with Crippen LogP contribution in [0.15, 0.2) is 17.7 Å². The van der Waals surface area contributed by atoms with Gasteiger partial charge in [-0.25, -0.2) is 18.0 Å². The van der Waals surface area contributed by atoms with Crippen LogP contribution in [-0.4, -0.2) is 80.5 Å². The van der Waals surface area contributed by atoms with Crippen molar-refractivity contribution < 1.29 is 27.9 Å². The Morgan fingerprint density at radius 2 is 1.74 bits per heavy atom. The van der Waals surface area contributed by atoms with Crippen LogP contribution in [0.3, 0.4) is 0 Å². The van der Waals surface area contributed by atoms with Crippen molar-refractivity contribution in [1.82, 2.24) is 9.80 Å². The number of halogens is 3. The van der Waals surface area contributed by atoms with Gasteiger partial charge in [-0.2, -0.15) is 0 Å². The van der Waals surface area contributed by atoms with Crippen molar-refractivity contribution in [3.05, 3.63) is 40.7 Å². The SMILES string of the molecule is CN(C)CC=C(C(=O)O)C(=O)c1cc(F)c(N2CCN(C)CC2)c(F)c1F. The third-order valence-electron chi connectivity index (χ3n) is 4.33. The largest absolute Gasteiger partial charge is 0.478 e. The molecule has 1 heterocycles. The molecule has 1 fully saturated rings. The highest BCUT2D eigenvalue weighted by atomic mass is 19.2. The van der Waals surface area contributed by atoms with Crippen molar-refractivity contribution in [1.29, 1.82) is 0 Å². The number of likely N-dealkylation sites (N-methyl/N-ethyl adjacent to an activating group) is 2. The fraction of sp³-hybridized carbons (Fsp3) is 0.444. The highest BCUT2D eigenvalue weighted by molar-refractivity contribution is 6.23. The van der Waals surface area contributed by atoms with Gasteiger partial charge in [0.25, 0.3) is 0 Å². The Bertz CT molecular complexity index is 773. The number of carbonyl (C=O) groups excluding carboxylic acids is 1. The van der Waals surface area contributed by atoms with Gasteiger partial charge in [0.05, 0.1) is 5.56 Å². The summed E-state index contributed by atoms with van der Waals surface area (Å²) < 4.78 is 43.6. The summed E-state index contributed by atoms with van der Waals surface area (Å²) in [5.41, 5.74) is -2.21. The van der Waals surface area contributed by atoms with E-state index < -0.39 is 46.0 Å². The van der Waals surface area contributed by atoms with E-state index in [0.29, 0.717) is 32.2 Å². The minimum Gasteiger partial charge on any atom is -0.478 e. The monoisotopic (exact) mass is 385 g/mol. The number of ketones is 1. The molecular formula is C18H22F3N3O3. The number of hydrogen-bond acceptors (Lipinski definition) is 5. The van der Waals surface area contributed by atoms with Crippen molar-refractivity contribution >= 4 is 17.4 Å². The zero-order valence-corrected chi connectivity index (χ0v) is 15.4. The van der Waals surface area contributed by atoms with Gasteiger partial charge in [-0.1, -0.05) is 6.08 Å². The zero-order valence-electron chi connectivity index (χ0n) is 15.4. The standard InChI is InChI=1S/C18H22F3N3O3/c1-22(2)5-4-11(18(26)27)17(25)12-10-13(19)16(15(21)14(12)20)24-8-6-23(3)7-9-24/h4,10H,5-9H2,1-3H3,(H,26,27). The Balaban J connectivity index is 2.42. The fourth-order valence-corrected chi connectivity index (χ4v) is 2.77. The molecule has 1 aliphatic rings. The average Bonchev–Trinajstić information content (AvgIpc) is 2.59. The Hall–Kier alpha value is -2.39. The summed E-state index contributed by atoms with van der Waals surface area (Å²) >= 11 is 0. The Labute approximate surface area is 155 Å². The van der Waals surface area contributed by atoms with Gasteiger partial charge in [-0.3, -0.25) is 4.79 Å². The van der Waals surface area contributed by atoms with Crippen LogP contribution in [-0.2, 0) is 4.79 Å². The van der Waals surface area contributed by atoms with Gasteiger partial charge in [0.15, 0.2) is 11.6 Å². The van der Waals surface area contributed by atoms with Crippen molar-refractivity contribution in [3.63, 3.8) is 0 Å². The summed E-state index contributed by atoms with van der Waals surface area (Å²) in [5.74, 6) is -7.00. The normalized spacial score (nSPS) is 16.1. The lowest BCUT2D eigenvalue weighted by Gasteiger charge is -2.34. The maximum atomic E-state index is 14.5. The first-order chi connectivity index (χ1) is 12.6. The molecule has 1 aromatic rings. The Kier molecular flexibility index (Phi) is 6.61. The molecule has 0 spiro atoms. The molecular weight excluding hydrogens is 363 g/mol. The summed E-state index contributed by atoms with van der Waals surface area (Å²) in [6.07, 6.45) is 1.08. The number of carboxylic acids is 1. The van der Waals surface area contributed by atoms with E-state index in [0.717, 1.165) is 6.08 Å². The first-order valence-corrected chi connectivity index (χ1v) is 8.37. The van der Waals surface area contributed by atoms with Crippen molar-refractivity contribution in [2.75, 3.05) is 58.8 Å². The summed E-state index contributed by atoms with van der Waals surface area (Å²) in [5, 5.41) is 9.20. The lowest BCUT2D eigenvalue weighted by Crippen LogP contribution is -2.45. The van der Waals surface area contributed by atoms with E-state index in [9.17, 15) is 27.9 Å². The number of carbonyl (C=O) groups is 2. The number of aliphatic carboxylic acids is 1. The maximum Gasteiger partial charge on any atom is 0.339 e. The van der Waals surface area contributed by atoms with Crippen molar-refractivity contribution in [3.8, 4) is 0 Å². The molecule has 9 heteroatoms. The average molecular weight is 385 g/mol. The van der Waals surface area contributed by atoms with E-state index >= 15 is 0 Å². The van der Waals surface area contributed by atoms with Gasteiger partial charge in [0.2, 0.25) is 5.78 Å². The molecule has 0 aliphatic carbocycles. The predicted octanol–water partition coefficient (Wildman–Crippen LogP) is 1.61. The lowest BCUT2D eigenvalue weighted by molar-refractivity contribution is -0.132. The van der Waals surface area contributed by atoms with Crippen LogP contribution in [0, 0.1) is 17.5 Å². The molecule has 27 heavy (non-hydrogen) atoms. The number of piperazine rings is 1. The summed E-state index contributed by atoms with van der Waals surface area (Å²) in [6.45, 7) is 1.81. The third kappa shape index (κ3) is 4.67. The number of rotatable bonds is 6. The molecule has 0 saturated carbocycles. The molecule has 1 saturated heterocycles. The van der Waals surface area contributed by atoms with Crippen LogP contribution in [0.1, 0.15) is 10.4 Å². The molecule has 148 valence electrons. The molecule has 0 atom stereocenters.